The molecule has 1 heterocycles. The van der Waals surface area contributed by atoms with Crippen LogP contribution in [0.15, 0.2) is 36.7 Å². The van der Waals surface area contributed by atoms with Crippen LogP contribution in [0.4, 0.5) is 5.69 Å². The lowest BCUT2D eigenvalue weighted by Crippen LogP contribution is -2.05. The molecule has 0 spiro atoms. The topological polar surface area (TPSA) is 29.9 Å². The second kappa shape index (κ2) is 4.58. The van der Waals surface area contributed by atoms with Gasteiger partial charge < -0.3 is 5.32 Å². The molecule has 0 amide bonds. The summed E-state index contributed by atoms with van der Waals surface area (Å²) in [5.74, 6) is 0. The van der Waals surface area contributed by atoms with E-state index in [9.17, 15) is 0 Å². The van der Waals surface area contributed by atoms with E-state index in [1.807, 2.05) is 31.4 Å². The predicted octanol–water partition coefficient (Wildman–Crippen LogP) is 3.25. The molecule has 1 aromatic heterocycles. The molecule has 0 saturated carbocycles. The van der Waals surface area contributed by atoms with Crippen molar-refractivity contribution in [2.24, 2.45) is 7.05 Å². The Hall–Kier alpha value is -1.48. The lowest BCUT2D eigenvalue weighted by molar-refractivity contribution is 0.767. The SMILES string of the molecule is CC(Nc1cnn(C)c1)c1cccc(Cl)c1. The number of nitrogens with zero attached hydrogens (tertiary/aromatic N) is 2. The Morgan fingerprint density at radius 2 is 2.25 bits per heavy atom. The van der Waals surface area contributed by atoms with Gasteiger partial charge >= 0.3 is 0 Å². The van der Waals surface area contributed by atoms with Gasteiger partial charge in [0.1, 0.15) is 0 Å². The minimum absolute atomic E-state index is 0.211. The Bertz CT molecular complexity index is 479. The number of aromatic nitrogens is 2. The summed E-state index contributed by atoms with van der Waals surface area (Å²) in [7, 11) is 1.90. The van der Waals surface area contributed by atoms with Crippen LogP contribution in [0.1, 0.15) is 18.5 Å². The number of halogens is 1. The van der Waals surface area contributed by atoms with Crippen LogP contribution in [-0.4, -0.2) is 9.78 Å². The van der Waals surface area contributed by atoms with Gasteiger partial charge in [-0.25, -0.2) is 0 Å². The van der Waals surface area contributed by atoms with E-state index in [4.69, 9.17) is 11.6 Å². The van der Waals surface area contributed by atoms with E-state index in [-0.39, 0.29) is 6.04 Å². The van der Waals surface area contributed by atoms with Gasteiger partial charge in [-0.15, -0.1) is 0 Å². The Balaban J connectivity index is 2.11. The highest BCUT2D eigenvalue weighted by Crippen LogP contribution is 2.21. The number of hydrogen-bond donors (Lipinski definition) is 1. The van der Waals surface area contributed by atoms with E-state index in [1.54, 1.807) is 10.9 Å². The zero-order valence-electron chi connectivity index (χ0n) is 9.31. The highest BCUT2D eigenvalue weighted by atomic mass is 35.5. The van der Waals surface area contributed by atoms with E-state index < -0.39 is 0 Å². The van der Waals surface area contributed by atoms with Crippen molar-refractivity contribution in [3.63, 3.8) is 0 Å². The zero-order valence-corrected chi connectivity index (χ0v) is 10.1. The molecule has 0 aliphatic carbocycles. The average Bonchev–Trinajstić information content (AvgIpc) is 2.64. The van der Waals surface area contributed by atoms with E-state index in [0.717, 1.165) is 16.3 Å². The molecule has 0 radical (unpaired) electrons. The highest BCUT2D eigenvalue weighted by Gasteiger charge is 2.06. The van der Waals surface area contributed by atoms with E-state index >= 15 is 0 Å². The maximum atomic E-state index is 5.95. The Morgan fingerprint density at radius 3 is 2.88 bits per heavy atom. The first-order chi connectivity index (χ1) is 7.65. The van der Waals surface area contributed by atoms with Crippen LogP contribution < -0.4 is 5.32 Å². The first kappa shape index (κ1) is 11.0. The summed E-state index contributed by atoms with van der Waals surface area (Å²) in [4.78, 5) is 0. The van der Waals surface area contributed by atoms with Crippen molar-refractivity contribution < 1.29 is 0 Å². The summed E-state index contributed by atoms with van der Waals surface area (Å²) in [6, 6.07) is 8.07. The molecule has 0 saturated heterocycles. The number of rotatable bonds is 3. The second-order valence-corrected chi connectivity index (χ2v) is 4.26. The quantitative estimate of drug-likeness (QED) is 0.885. The molecule has 1 unspecified atom stereocenters. The van der Waals surface area contributed by atoms with Crippen molar-refractivity contribution in [2.75, 3.05) is 5.32 Å². The Morgan fingerprint density at radius 1 is 1.44 bits per heavy atom. The fourth-order valence-electron chi connectivity index (χ4n) is 1.61. The van der Waals surface area contributed by atoms with Crippen LogP contribution in [0.2, 0.25) is 5.02 Å². The number of nitrogens with one attached hydrogen (secondary N) is 1. The molecule has 0 aliphatic heterocycles. The lowest BCUT2D eigenvalue weighted by atomic mass is 10.1. The van der Waals surface area contributed by atoms with Crippen LogP contribution >= 0.6 is 11.6 Å². The fourth-order valence-corrected chi connectivity index (χ4v) is 1.80. The third-order valence-electron chi connectivity index (χ3n) is 2.44. The molecule has 0 fully saturated rings. The molecule has 2 rings (SSSR count). The fraction of sp³-hybridized carbons (Fsp3) is 0.250. The Kier molecular flexibility index (Phi) is 3.15. The summed E-state index contributed by atoms with van der Waals surface area (Å²) in [6.45, 7) is 2.10. The van der Waals surface area contributed by atoms with Crippen molar-refractivity contribution in [3.8, 4) is 0 Å². The van der Waals surface area contributed by atoms with Crippen molar-refractivity contribution in [1.82, 2.24) is 9.78 Å². The smallest absolute Gasteiger partial charge is 0.0731 e. The zero-order chi connectivity index (χ0) is 11.5. The maximum absolute atomic E-state index is 5.95. The van der Waals surface area contributed by atoms with Gasteiger partial charge in [-0.2, -0.15) is 5.10 Å². The van der Waals surface area contributed by atoms with Crippen LogP contribution in [0.5, 0.6) is 0 Å². The van der Waals surface area contributed by atoms with Gasteiger partial charge in [0.15, 0.2) is 0 Å². The van der Waals surface area contributed by atoms with E-state index in [0.29, 0.717) is 0 Å². The first-order valence-electron chi connectivity index (χ1n) is 5.16. The minimum Gasteiger partial charge on any atom is -0.376 e. The summed E-state index contributed by atoms with van der Waals surface area (Å²) in [5.41, 5.74) is 2.17. The second-order valence-electron chi connectivity index (χ2n) is 3.82. The van der Waals surface area contributed by atoms with E-state index in [1.165, 1.54) is 0 Å². The van der Waals surface area contributed by atoms with Gasteiger partial charge in [-0.1, -0.05) is 23.7 Å². The average molecular weight is 236 g/mol. The van der Waals surface area contributed by atoms with Crippen LogP contribution in [0.25, 0.3) is 0 Å². The van der Waals surface area contributed by atoms with Gasteiger partial charge in [0.05, 0.1) is 11.9 Å². The molecule has 3 nitrogen and oxygen atoms in total. The van der Waals surface area contributed by atoms with Crippen molar-refractivity contribution >= 4 is 17.3 Å². The third kappa shape index (κ3) is 2.55. The molecular weight excluding hydrogens is 222 g/mol. The van der Waals surface area contributed by atoms with Gasteiger partial charge in [0, 0.05) is 24.3 Å². The van der Waals surface area contributed by atoms with Crippen molar-refractivity contribution in [1.29, 1.82) is 0 Å². The van der Waals surface area contributed by atoms with Crippen LogP contribution in [0.3, 0.4) is 0 Å². The van der Waals surface area contributed by atoms with Crippen molar-refractivity contribution in [2.45, 2.75) is 13.0 Å². The van der Waals surface area contributed by atoms with Gasteiger partial charge in [0.25, 0.3) is 0 Å². The first-order valence-corrected chi connectivity index (χ1v) is 5.53. The lowest BCUT2D eigenvalue weighted by Gasteiger charge is -2.14. The molecule has 1 atom stereocenters. The molecule has 1 aromatic carbocycles. The third-order valence-corrected chi connectivity index (χ3v) is 2.67. The van der Waals surface area contributed by atoms with Gasteiger partial charge in [0.2, 0.25) is 0 Å². The van der Waals surface area contributed by atoms with Gasteiger partial charge in [-0.3, -0.25) is 4.68 Å². The molecule has 0 aliphatic rings. The van der Waals surface area contributed by atoms with E-state index in [2.05, 4.69) is 23.4 Å². The maximum Gasteiger partial charge on any atom is 0.0731 e. The highest BCUT2D eigenvalue weighted by molar-refractivity contribution is 6.30. The predicted molar refractivity (Wildman–Crippen MR) is 66.7 cm³/mol. The molecule has 2 aromatic rings. The van der Waals surface area contributed by atoms with Crippen molar-refractivity contribution in [3.05, 3.63) is 47.2 Å². The number of aryl methyl sites for hydroxylation is 1. The number of hydrogen-bond acceptors (Lipinski definition) is 2. The summed E-state index contributed by atoms with van der Waals surface area (Å²) in [6.07, 6.45) is 3.75. The molecular formula is C12H14ClN3. The van der Waals surface area contributed by atoms with Crippen LogP contribution in [-0.2, 0) is 7.05 Å². The number of benzene rings is 1. The largest absolute Gasteiger partial charge is 0.376 e. The molecule has 0 bridgehead atoms. The summed E-state index contributed by atoms with van der Waals surface area (Å²) in [5, 5.41) is 8.23. The monoisotopic (exact) mass is 235 g/mol. The minimum atomic E-state index is 0.211. The summed E-state index contributed by atoms with van der Waals surface area (Å²) < 4.78 is 1.77. The van der Waals surface area contributed by atoms with Gasteiger partial charge in [-0.05, 0) is 24.6 Å². The number of anilines is 1. The molecule has 4 heteroatoms. The summed E-state index contributed by atoms with van der Waals surface area (Å²) >= 11 is 5.95. The molecule has 1 N–H and O–H groups in total. The molecule has 16 heavy (non-hydrogen) atoms. The normalized spacial score (nSPS) is 12.4. The molecule has 84 valence electrons. The standard InChI is InChI=1S/C12H14ClN3/c1-9(10-4-3-5-11(13)6-10)15-12-7-14-16(2)8-12/h3-9,15H,1-2H3. The Labute approximate surface area is 100 Å². The van der Waals surface area contributed by atoms with Crippen LogP contribution in [0, 0.1) is 0 Å².